The number of hydrogen-bond donors (Lipinski definition) is 2. The first-order valence-corrected chi connectivity index (χ1v) is 10.8. The molecule has 7 heteroatoms. The molecule has 1 spiro atoms. The lowest BCUT2D eigenvalue weighted by Gasteiger charge is -2.39. The molecule has 0 saturated heterocycles. The number of fused-ring (bicyclic) bond motifs is 2. The summed E-state index contributed by atoms with van der Waals surface area (Å²) in [4.78, 5) is 10.9. The average molecular weight is 440 g/mol. The molecular formula is C25H30FN3O3. The third-order valence-corrected chi connectivity index (χ3v) is 5.98. The largest absolute Gasteiger partial charge is 0.489 e. The Morgan fingerprint density at radius 2 is 2.12 bits per heavy atom. The van der Waals surface area contributed by atoms with Crippen LogP contribution < -0.4 is 10.5 Å². The molecule has 0 bridgehead atoms. The number of aliphatic hydroxyl groups excluding tert-OH is 1. The van der Waals surface area contributed by atoms with Crippen molar-refractivity contribution in [1.82, 2.24) is 5.06 Å². The van der Waals surface area contributed by atoms with Crippen molar-refractivity contribution in [2.24, 2.45) is 16.6 Å². The van der Waals surface area contributed by atoms with Gasteiger partial charge >= 0.3 is 0 Å². The van der Waals surface area contributed by atoms with Gasteiger partial charge in [0.1, 0.15) is 17.7 Å². The smallest absolute Gasteiger partial charge is 0.221 e. The van der Waals surface area contributed by atoms with Gasteiger partial charge in [-0.3, -0.25) is 0 Å². The fourth-order valence-electron chi connectivity index (χ4n) is 4.49. The van der Waals surface area contributed by atoms with E-state index in [0.29, 0.717) is 29.7 Å². The number of hydrogen-bond acceptors (Lipinski definition) is 6. The van der Waals surface area contributed by atoms with Crippen molar-refractivity contribution in [2.75, 3.05) is 13.7 Å². The Labute approximate surface area is 188 Å². The highest BCUT2D eigenvalue weighted by Gasteiger charge is 2.50. The molecule has 2 aromatic carbocycles. The van der Waals surface area contributed by atoms with Crippen LogP contribution in [0, 0.1) is 18.7 Å². The number of nitrogens with zero attached hydrogens (tertiary/aromatic N) is 2. The molecule has 32 heavy (non-hydrogen) atoms. The number of aliphatic imine (C=N–C) groups is 1. The van der Waals surface area contributed by atoms with Gasteiger partial charge in [-0.2, -0.15) is 0 Å². The van der Waals surface area contributed by atoms with Crippen molar-refractivity contribution in [1.29, 1.82) is 0 Å². The first kappa shape index (κ1) is 22.3. The van der Waals surface area contributed by atoms with Gasteiger partial charge in [0.15, 0.2) is 0 Å². The molecule has 6 nitrogen and oxygen atoms in total. The van der Waals surface area contributed by atoms with E-state index in [1.54, 1.807) is 13.1 Å². The molecule has 2 aliphatic heterocycles. The zero-order valence-electron chi connectivity index (χ0n) is 18.9. The van der Waals surface area contributed by atoms with Crippen LogP contribution in [0.4, 0.5) is 4.39 Å². The topological polar surface area (TPSA) is 80.3 Å². The van der Waals surface area contributed by atoms with Gasteiger partial charge in [0.05, 0.1) is 5.56 Å². The van der Waals surface area contributed by atoms with Crippen LogP contribution in [-0.2, 0) is 10.6 Å². The minimum Gasteiger partial charge on any atom is -0.489 e. The Hall–Kier alpha value is -2.90. The van der Waals surface area contributed by atoms with E-state index < -0.39 is 5.72 Å². The van der Waals surface area contributed by atoms with Crippen molar-refractivity contribution in [2.45, 2.75) is 45.4 Å². The van der Waals surface area contributed by atoms with Crippen LogP contribution in [0.25, 0.3) is 11.1 Å². The van der Waals surface area contributed by atoms with Crippen molar-refractivity contribution >= 4 is 5.96 Å². The highest BCUT2D eigenvalue weighted by atomic mass is 19.1. The predicted molar refractivity (Wildman–Crippen MR) is 122 cm³/mol. The maximum atomic E-state index is 14.6. The quantitative estimate of drug-likeness (QED) is 0.681. The molecule has 170 valence electrons. The Kier molecular flexibility index (Phi) is 5.97. The second-order valence-corrected chi connectivity index (χ2v) is 8.82. The monoisotopic (exact) mass is 439 g/mol. The molecule has 4 rings (SSSR count). The van der Waals surface area contributed by atoms with Gasteiger partial charge in [-0.05, 0) is 57.0 Å². The maximum absolute atomic E-state index is 14.6. The number of allylic oxidation sites excluding steroid dienone is 1. The highest BCUT2D eigenvalue weighted by Crippen LogP contribution is 2.48. The summed E-state index contributed by atoms with van der Waals surface area (Å²) in [5, 5.41) is 11.1. The molecule has 3 unspecified atom stereocenters. The summed E-state index contributed by atoms with van der Waals surface area (Å²) in [5.74, 6) is 0.577. The second-order valence-electron chi connectivity index (χ2n) is 8.82. The van der Waals surface area contributed by atoms with Crippen LogP contribution in [0.5, 0.6) is 5.75 Å². The highest BCUT2D eigenvalue weighted by molar-refractivity contribution is 5.79. The van der Waals surface area contributed by atoms with E-state index in [0.717, 1.165) is 16.7 Å². The summed E-state index contributed by atoms with van der Waals surface area (Å²) in [6.07, 6.45) is 2.82. The van der Waals surface area contributed by atoms with Gasteiger partial charge < -0.3 is 15.6 Å². The van der Waals surface area contributed by atoms with E-state index in [1.807, 2.05) is 45.0 Å². The standard InChI is InChI=1S/C25H30FN3O3/c1-15(2)11-18(9-10-30)23-14-25(28-24(27)29(4)32-25)20-13-17(6-8-22(20)31-23)19-12-16(3)5-7-21(19)26/h5-8,11-13,18,23,30H,9-10,14H2,1-4H3,(H2,27,28). The van der Waals surface area contributed by atoms with Gasteiger partial charge in [-0.25, -0.2) is 19.3 Å². The minimum atomic E-state index is -1.07. The number of ether oxygens (including phenoxy) is 1. The third-order valence-electron chi connectivity index (χ3n) is 5.98. The van der Waals surface area contributed by atoms with Gasteiger partial charge in [0.25, 0.3) is 0 Å². The van der Waals surface area contributed by atoms with Crippen LogP contribution in [0.2, 0.25) is 0 Å². The Bertz CT molecular complexity index is 1080. The average Bonchev–Trinajstić information content (AvgIpc) is 3.02. The van der Waals surface area contributed by atoms with E-state index in [2.05, 4.69) is 11.1 Å². The Morgan fingerprint density at radius 3 is 2.78 bits per heavy atom. The van der Waals surface area contributed by atoms with Crippen LogP contribution in [-0.4, -0.2) is 35.9 Å². The molecule has 0 aliphatic carbocycles. The lowest BCUT2D eigenvalue weighted by atomic mass is 9.84. The van der Waals surface area contributed by atoms with E-state index in [9.17, 15) is 9.50 Å². The number of hydroxylamine groups is 2. The normalized spacial score (nSPS) is 22.9. The summed E-state index contributed by atoms with van der Waals surface area (Å²) in [6, 6.07) is 10.6. The number of nitrogens with two attached hydrogens (primary N) is 1. The number of halogens is 1. The summed E-state index contributed by atoms with van der Waals surface area (Å²) >= 11 is 0. The van der Waals surface area contributed by atoms with Gasteiger partial charge in [-0.1, -0.05) is 29.3 Å². The van der Waals surface area contributed by atoms with Gasteiger partial charge in [0.2, 0.25) is 11.7 Å². The third kappa shape index (κ3) is 4.10. The number of aryl methyl sites for hydroxylation is 1. The summed E-state index contributed by atoms with van der Waals surface area (Å²) in [6.45, 7) is 6.03. The molecule has 2 heterocycles. The molecule has 0 aromatic heterocycles. The maximum Gasteiger partial charge on any atom is 0.221 e. The van der Waals surface area contributed by atoms with Crippen molar-refractivity contribution in [3.63, 3.8) is 0 Å². The van der Waals surface area contributed by atoms with Crippen LogP contribution in [0.15, 0.2) is 53.0 Å². The Morgan fingerprint density at radius 1 is 1.34 bits per heavy atom. The van der Waals surface area contributed by atoms with Crippen LogP contribution >= 0.6 is 0 Å². The second kappa shape index (κ2) is 8.56. The first-order valence-electron chi connectivity index (χ1n) is 10.8. The number of benzene rings is 2. The van der Waals surface area contributed by atoms with E-state index in [-0.39, 0.29) is 30.4 Å². The van der Waals surface area contributed by atoms with Gasteiger partial charge in [0, 0.05) is 31.6 Å². The first-order chi connectivity index (χ1) is 15.2. The fourth-order valence-corrected chi connectivity index (χ4v) is 4.49. The molecule has 2 aromatic rings. The van der Waals surface area contributed by atoms with E-state index >= 15 is 0 Å². The minimum absolute atomic E-state index is 0.0187. The predicted octanol–water partition coefficient (Wildman–Crippen LogP) is 4.26. The van der Waals surface area contributed by atoms with E-state index in [1.165, 1.54) is 11.1 Å². The number of aliphatic hydroxyl groups is 1. The zero-order chi connectivity index (χ0) is 23.0. The van der Waals surface area contributed by atoms with Crippen LogP contribution in [0.3, 0.4) is 0 Å². The molecule has 2 aliphatic rings. The van der Waals surface area contributed by atoms with Crippen molar-refractivity contribution in [3.8, 4) is 16.9 Å². The lowest BCUT2D eigenvalue weighted by molar-refractivity contribution is -0.193. The van der Waals surface area contributed by atoms with Gasteiger partial charge in [-0.15, -0.1) is 0 Å². The summed E-state index contributed by atoms with van der Waals surface area (Å²) in [7, 11) is 1.71. The SMILES string of the molecule is CC(C)=CC(CCO)C1CC2(N=C(N)N(C)O2)c2cc(-c3cc(C)ccc3F)ccc2O1. The van der Waals surface area contributed by atoms with Crippen molar-refractivity contribution < 1.29 is 19.1 Å². The molecule has 0 amide bonds. The van der Waals surface area contributed by atoms with Crippen molar-refractivity contribution in [3.05, 3.63) is 65.0 Å². The number of guanidine groups is 1. The molecule has 3 atom stereocenters. The molecule has 0 fully saturated rings. The summed E-state index contributed by atoms with van der Waals surface area (Å²) in [5.41, 5.74) is 9.07. The summed E-state index contributed by atoms with van der Waals surface area (Å²) < 4.78 is 21.0. The zero-order valence-corrected chi connectivity index (χ0v) is 18.9. The molecular weight excluding hydrogens is 409 g/mol. The molecule has 0 radical (unpaired) electrons. The number of rotatable bonds is 5. The lowest BCUT2D eigenvalue weighted by Crippen LogP contribution is -2.42. The van der Waals surface area contributed by atoms with E-state index in [4.69, 9.17) is 15.3 Å². The Balaban J connectivity index is 1.82. The fraction of sp³-hybridized carbons (Fsp3) is 0.400. The van der Waals surface area contributed by atoms with Crippen LogP contribution in [0.1, 0.15) is 37.8 Å². The molecule has 3 N–H and O–H groups in total. The molecule has 0 saturated carbocycles.